The van der Waals surface area contributed by atoms with E-state index in [2.05, 4.69) is 19.4 Å². The van der Waals surface area contributed by atoms with Crippen molar-refractivity contribution in [2.24, 2.45) is 0 Å². The Morgan fingerprint density at radius 2 is 2.11 bits per heavy atom. The molecule has 1 aromatic carbocycles. The number of benzene rings is 1. The summed E-state index contributed by atoms with van der Waals surface area (Å²) in [6.07, 6.45) is -4.83. The molecule has 0 radical (unpaired) electrons. The van der Waals surface area contributed by atoms with Crippen LogP contribution in [0.4, 0.5) is 13.2 Å². The third kappa shape index (κ3) is 2.83. The summed E-state index contributed by atoms with van der Waals surface area (Å²) in [6, 6.07) is 3.43. The molecule has 0 fully saturated rings. The first kappa shape index (κ1) is 12.5. The van der Waals surface area contributed by atoms with E-state index in [0.717, 1.165) is 12.1 Å². The molecule has 2 aromatic rings. The lowest BCUT2D eigenvalue weighted by Crippen LogP contribution is -2.17. The topological polar surface area (TPSA) is 68.1 Å². The van der Waals surface area contributed by atoms with Crippen LogP contribution in [0.15, 0.2) is 27.5 Å². The first-order valence-electron chi connectivity index (χ1n) is 4.47. The third-order valence-electron chi connectivity index (χ3n) is 1.87. The van der Waals surface area contributed by atoms with Crippen molar-refractivity contribution in [3.8, 4) is 17.1 Å². The maximum Gasteiger partial charge on any atom is 0.573 e. The number of halogens is 4. The van der Waals surface area contributed by atoms with Crippen LogP contribution in [0.5, 0.6) is 5.75 Å². The van der Waals surface area contributed by atoms with Gasteiger partial charge in [-0.25, -0.2) is 4.79 Å². The Balaban J connectivity index is 2.33. The highest BCUT2D eigenvalue weighted by atomic mass is 35.5. The molecule has 1 aromatic heterocycles. The summed E-state index contributed by atoms with van der Waals surface area (Å²) in [6.45, 7) is 0. The Morgan fingerprint density at radius 1 is 1.39 bits per heavy atom. The van der Waals surface area contributed by atoms with E-state index in [1.165, 1.54) is 6.07 Å². The van der Waals surface area contributed by atoms with E-state index in [4.69, 9.17) is 11.6 Å². The van der Waals surface area contributed by atoms with Crippen LogP contribution in [0, 0.1) is 0 Å². The summed E-state index contributed by atoms with van der Waals surface area (Å²) in [5.74, 6) is -1.27. The number of alkyl halides is 3. The normalized spacial score (nSPS) is 11.6. The molecular formula is C9H4ClF3N2O3. The number of nitrogens with one attached hydrogen (secondary N) is 1. The van der Waals surface area contributed by atoms with Gasteiger partial charge < -0.3 is 4.74 Å². The predicted octanol–water partition coefficient (Wildman–Crippen LogP) is 2.58. The highest BCUT2D eigenvalue weighted by molar-refractivity contribution is 6.32. The SMILES string of the molecule is O=c1[nH]c(-c2ccc(OC(F)(F)F)c(Cl)c2)no1. The number of hydrogen-bond donors (Lipinski definition) is 1. The monoisotopic (exact) mass is 280 g/mol. The van der Waals surface area contributed by atoms with Gasteiger partial charge in [0.15, 0.2) is 5.82 Å². The first-order chi connectivity index (χ1) is 8.35. The lowest BCUT2D eigenvalue weighted by Gasteiger charge is -2.10. The van der Waals surface area contributed by atoms with Crippen molar-refractivity contribution in [1.29, 1.82) is 0 Å². The van der Waals surface area contributed by atoms with Crippen LogP contribution < -0.4 is 10.5 Å². The van der Waals surface area contributed by atoms with Crippen molar-refractivity contribution in [1.82, 2.24) is 10.1 Å². The van der Waals surface area contributed by atoms with Crippen LogP contribution in [-0.4, -0.2) is 16.5 Å². The molecule has 0 unspecified atom stereocenters. The van der Waals surface area contributed by atoms with E-state index < -0.39 is 17.9 Å². The molecule has 0 spiro atoms. The Morgan fingerprint density at radius 3 is 2.61 bits per heavy atom. The lowest BCUT2D eigenvalue weighted by atomic mass is 10.2. The molecule has 18 heavy (non-hydrogen) atoms. The minimum absolute atomic E-state index is 0.0560. The molecule has 2 rings (SSSR count). The number of H-pyrrole nitrogens is 1. The smallest absolute Gasteiger partial charge is 0.404 e. The fourth-order valence-electron chi connectivity index (χ4n) is 1.21. The Kier molecular flexibility index (Phi) is 3.04. The molecule has 96 valence electrons. The molecule has 0 saturated carbocycles. The van der Waals surface area contributed by atoms with Crippen molar-refractivity contribution in [3.05, 3.63) is 33.8 Å². The van der Waals surface area contributed by atoms with Gasteiger partial charge in [0.05, 0.1) is 5.02 Å². The van der Waals surface area contributed by atoms with E-state index in [-0.39, 0.29) is 10.8 Å². The second-order valence-electron chi connectivity index (χ2n) is 3.14. The molecule has 1 heterocycles. The van der Waals surface area contributed by atoms with Gasteiger partial charge in [0, 0.05) is 5.56 Å². The Hall–Kier alpha value is -1.96. The minimum atomic E-state index is -4.83. The average Bonchev–Trinajstić information content (AvgIpc) is 2.66. The van der Waals surface area contributed by atoms with Crippen molar-refractivity contribution >= 4 is 11.6 Å². The molecule has 9 heteroatoms. The summed E-state index contributed by atoms with van der Waals surface area (Å²) in [5, 5.41) is 3.10. The van der Waals surface area contributed by atoms with Crippen LogP contribution in [0.1, 0.15) is 0 Å². The van der Waals surface area contributed by atoms with Crippen molar-refractivity contribution < 1.29 is 22.4 Å². The number of aromatic nitrogens is 2. The predicted molar refractivity (Wildman–Crippen MR) is 54.3 cm³/mol. The zero-order chi connectivity index (χ0) is 13.3. The van der Waals surface area contributed by atoms with Gasteiger partial charge in [-0.1, -0.05) is 16.8 Å². The molecule has 0 aliphatic heterocycles. The molecule has 0 amide bonds. The molecular weight excluding hydrogens is 277 g/mol. The summed E-state index contributed by atoms with van der Waals surface area (Å²) >= 11 is 5.62. The largest absolute Gasteiger partial charge is 0.573 e. The quantitative estimate of drug-likeness (QED) is 0.918. The maximum absolute atomic E-state index is 12.0. The zero-order valence-corrected chi connectivity index (χ0v) is 9.17. The van der Waals surface area contributed by atoms with Gasteiger partial charge in [-0.05, 0) is 18.2 Å². The Bertz CT molecular complexity index is 620. The summed E-state index contributed by atoms with van der Waals surface area (Å²) < 4.78 is 43.9. The fourth-order valence-corrected chi connectivity index (χ4v) is 1.43. The van der Waals surface area contributed by atoms with Crippen LogP contribution in [0.25, 0.3) is 11.4 Å². The maximum atomic E-state index is 12.0. The lowest BCUT2D eigenvalue weighted by molar-refractivity contribution is -0.274. The van der Waals surface area contributed by atoms with Crippen molar-refractivity contribution in [2.45, 2.75) is 6.36 Å². The van der Waals surface area contributed by atoms with E-state index in [1.54, 1.807) is 0 Å². The van der Waals surface area contributed by atoms with Gasteiger partial charge in [0.25, 0.3) is 0 Å². The van der Waals surface area contributed by atoms with Crippen LogP contribution in [-0.2, 0) is 0 Å². The van der Waals surface area contributed by atoms with Crippen LogP contribution >= 0.6 is 11.6 Å². The molecule has 0 aliphatic carbocycles. The van der Waals surface area contributed by atoms with E-state index in [9.17, 15) is 18.0 Å². The first-order valence-corrected chi connectivity index (χ1v) is 4.84. The second-order valence-corrected chi connectivity index (χ2v) is 3.54. The van der Waals surface area contributed by atoms with Gasteiger partial charge >= 0.3 is 12.1 Å². The summed E-state index contributed by atoms with van der Waals surface area (Å²) in [4.78, 5) is 12.9. The number of rotatable bonds is 2. The number of hydrogen-bond acceptors (Lipinski definition) is 4. The van der Waals surface area contributed by atoms with Gasteiger partial charge in [0.1, 0.15) is 5.75 Å². The average molecular weight is 281 g/mol. The molecule has 0 aliphatic rings. The van der Waals surface area contributed by atoms with Gasteiger partial charge in [-0.3, -0.25) is 9.51 Å². The highest BCUT2D eigenvalue weighted by Gasteiger charge is 2.32. The number of aromatic amines is 1. The molecule has 0 atom stereocenters. The van der Waals surface area contributed by atoms with Crippen LogP contribution in [0.3, 0.4) is 0 Å². The molecule has 1 N–H and O–H groups in total. The summed E-state index contributed by atoms with van der Waals surface area (Å²) in [7, 11) is 0. The molecule has 0 bridgehead atoms. The molecule has 0 saturated heterocycles. The minimum Gasteiger partial charge on any atom is -0.404 e. The Labute approximate surface area is 102 Å². The summed E-state index contributed by atoms with van der Waals surface area (Å²) in [5.41, 5.74) is 0.292. The van der Waals surface area contributed by atoms with E-state index >= 15 is 0 Å². The van der Waals surface area contributed by atoms with E-state index in [0.29, 0.717) is 5.56 Å². The molecule has 5 nitrogen and oxygen atoms in total. The highest BCUT2D eigenvalue weighted by Crippen LogP contribution is 2.32. The second kappa shape index (κ2) is 4.37. The van der Waals surface area contributed by atoms with Crippen molar-refractivity contribution in [3.63, 3.8) is 0 Å². The van der Waals surface area contributed by atoms with Gasteiger partial charge in [-0.15, -0.1) is 13.2 Å². The van der Waals surface area contributed by atoms with E-state index in [1.807, 2.05) is 0 Å². The standard InChI is InChI=1S/C9H4ClF3N2O3/c10-5-3-4(7-14-8(16)18-15-7)1-2-6(5)17-9(11,12)13/h1-3H,(H,14,15,16). The van der Waals surface area contributed by atoms with Crippen molar-refractivity contribution in [2.75, 3.05) is 0 Å². The number of nitrogens with zero attached hydrogens (tertiary/aromatic N) is 1. The number of ether oxygens (including phenoxy) is 1. The van der Waals surface area contributed by atoms with Gasteiger partial charge in [0.2, 0.25) is 0 Å². The van der Waals surface area contributed by atoms with Crippen LogP contribution in [0.2, 0.25) is 5.02 Å². The zero-order valence-electron chi connectivity index (χ0n) is 8.42. The fraction of sp³-hybridized carbons (Fsp3) is 0.111. The third-order valence-corrected chi connectivity index (χ3v) is 2.17. The van der Waals surface area contributed by atoms with Gasteiger partial charge in [-0.2, -0.15) is 0 Å².